The van der Waals surface area contributed by atoms with E-state index in [0.717, 1.165) is 40.6 Å². The van der Waals surface area contributed by atoms with Gasteiger partial charge in [-0.2, -0.15) is 16.6 Å². The lowest BCUT2D eigenvalue weighted by Gasteiger charge is -2.17. The van der Waals surface area contributed by atoms with Gasteiger partial charge in [0, 0.05) is 4.88 Å². The van der Waals surface area contributed by atoms with Gasteiger partial charge in [-0.05, 0) is 59.2 Å². The average Bonchev–Trinajstić information content (AvgIpc) is 3.18. The molecule has 3 heterocycles. The molecule has 0 fully saturated rings. The van der Waals surface area contributed by atoms with E-state index < -0.39 is 0 Å². The normalized spacial score (nSPS) is 17.7. The van der Waals surface area contributed by atoms with Crippen LogP contribution in [0.3, 0.4) is 0 Å². The zero-order valence-electron chi connectivity index (χ0n) is 13.1. The first-order valence-electron chi connectivity index (χ1n) is 7.84. The number of hydrogen-bond donors (Lipinski definition) is 1. The van der Waals surface area contributed by atoms with Crippen molar-refractivity contribution in [1.29, 1.82) is 5.26 Å². The van der Waals surface area contributed by atoms with E-state index in [0.29, 0.717) is 17.3 Å². The second kappa shape index (κ2) is 6.00. The number of aromatic nitrogens is 2. The van der Waals surface area contributed by atoms with Gasteiger partial charge in [0.05, 0.1) is 11.0 Å². The van der Waals surface area contributed by atoms with Crippen LogP contribution in [0.4, 0.5) is 0 Å². The van der Waals surface area contributed by atoms with Crippen LogP contribution in [0.2, 0.25) is 0 Å². The monoisotopic (exact) mass is 353 g/mol. The van der Waals surface area contributed by atoms with Crippen molar-refractivity contribution in [3.8, 4) is 6.07 Å². The van der Waals surface area contributed by atoms with Gasteiger partial charge in [-0.3, -0.25) is 4.79 Å². The summed E-state index contributed by atoms with van der Waals surface area (Å²) in [7, 11) is 0. The number of hydrogen-bond acceptors (Lipinski definition) is 5. The number of aromatic amines is 1. The lowest BCUT2D eigenvalue weighted by Crippen LogP contribution is -2.14. The number of nitriles is 1. The van der Waals surface area contributed by atoms with Crippen LogP contribution in [0.1, 0.15) is 35.2 Å². The molecule has 1 atom stereocenters. The Morgan fingerprint density at radius 2 is 2.42 bits per heavy atom. The number of rotatable bonds is 2. The summed E-state index contributed by atoms with van der Waals surface area (Å²) in [6.45, 7) is 2.24. The molecule has 1 N–H and O–H groups in total. The third kappa shape index (κ3) is 2.60. The predicted molar refractivity (Wildman–Crippen MR) is 99.2 cm³/mol. The molecular weight excluding hydrogens is 338 g/mol. The number of nitrogens with zero attached hydrogens (tertiary/aromatic N) is 2. The van der Waals surface area contributed by atoms with Gasteiger partial charge in [-0.1, -0.05) is 6.92 Å². The summed E-state index contributed by atoms with van der Waals surface area (Å²) < 4.78 is 0. The molecule has 1 aliphatic rings. The van der Waals surface area contributed by atoms with Crippen LogP contribution >= 0.6 is 22.7 Å². The van der Waals surface area contributed by atoms with E-state index in [9.17, 15) is 10.1 Å². The maximum absolute atomic E-state index is 12.6. The molecule has 3 aromatic heterocycles. The number of thiophene rings is 2. The van der Waals surface area contributed by atoms with Gasteiger partial charge >= 0.3 is 0 Å². The Balaban J connectivity index is 1.87. The molecule has 0 aliphatic heterocycles. The molecule has 120 valence electrons. The Hall–Kier alpha value is -2.23. The molecular formula is C18H15N3OS2. The maximum atomic E-state index is 12.6. The van der Waals surface area contributed by atoms with E-state index in [4.69, 9.17) is 0 Å². The zero-order valence-corrected chi connectivity index (χ0v) is 14.8. The highest BCUT2D eigenvalue weighted by Crippen LogP contribution is 2.35. The van der Waals surface area contributed by atoms with Crippen LogP contribution in [0.25, 0.3) is 21.9 Å². The van der Waals surface area contributed by atoms with Gasteiger partial charge in [0.15, 0.2) is 5.82 Å². The highest BCUT2D eigenvalue weighted by Gasteiger charge is 2.23. The minimum atomic E-state index is -0.131. The molecule has 0 radical (unpaired) electrons. The summed E-state index contributed by atoms with van der Waals surface area (Å²) in [6.07, 6.45) is 4.83. The summed E-state index contributed by atoms with van der Waals surface area (Å²) in [5, 5.41) is 14.1. The van der Waals surface area contributed by atoms with Crippen LogP contribution in [0.15, 0.2) is 21.6 Å². The largest absolute Gasteiger partial charge is 0.305 e. The van der Waals surface area contributed by atoms with Crippen LogP contribution in [0, 0.1) is 17.2 Å². The standard InChI is InChI=1S/C18H15N3OS2/c1-10-2-3-13-14(6-10)24-18-15(13)17(22)20-16(21-18)12(8-19)7-11-4-5-23-9-11/h4-5,7,9-10H,2-3,6H2,1H3,(H,20,21,22)/b12-7+. The first-order valence-corrected chi connectivity index (χ1v) is 9.60. The Bertz CT molecular complexity index is 1030. The van der Waals surface area contributed by atoms with E-state index in [1.54, 1.807) is 28.7 Å². The van der Waals surface area contributed by atoms with Crippen molar-refractivity contribution in [3.63, 3.8) is 0 Å². The molecule has 6 heteroatoms. The lowest BCUT2D eigenvalue weighted by atomic mass is 9.89. The molecule has 1 unspecified atom stereocenters. The fourth-order valence-electron chi connectivity index (χ4n) is 3.15. The molecule has 4 nitrogen and oxygen atoms in total. The molecule has 24 heavy (non-hydrogen) atoms. The van der Waals surface area contributed by atoms with Crippen molar-refractivity contribution in [2.45, 2.75) is 26.2 Å². The molecule has 0 amide bonds. The highest BCUT2D eigenvalue weighted by atomic mass is 32.1. The number of aryl methyl sites for hydroxylation is 1. The SMILES string of the molecule is CC1CCc2c(sc3nc(/C(C#N)=C/c4ccsc4)[nH]c(=O)c23)C1. The molecule has 0 spiro atoms. The molecule has 0 bridgehead atoms. The lowest BCUT2D eigenvalue weighted by molar-refractivity contribution is 0.509. The molecule has 4 rings (SSSR count). The molecule has 1 aliphatic carbocycles. The third-order valence-electron chi connectivity index (χ3n) is 4.40. The van der Waals surface area contributed by atoms with E-state index >= 15 is 0 Å². The highest BCUT2D eigenvalue weighted by molar-refractivity contribution is 7.18. The predicted octanol–water partition coefficient (Wildman–Crippen LogP) is 4.24. The molecule has 0 aromatic carbocycles. The average molecular weight is 353 g/mol. The third-order valence-corrected chi connectivity index (χ3v) is 6.24. The number of H-pyrrole nitrogens is 1. The molecule has 3 aromatic rings. The van der Waals surface area contributed by atoms with Crippen molar-refractivity contribution >= 4 is 44.5 Å². The zero-order chi connectivity index (χ0) is 16.7. The fraction of sp³-hybridized carbons (Fsp3) is 0.278. The first-order chi connectivity index (χ1) is 11.7. The minimum Gasteiger partial charge on any atom is -0.305 e. The summed E-state index contributed by atoms with van der Waals surface area (Å²) in [5.41, 5.74) is 2.35. The van der Waals surface area contributed by atoms with E-state index in [1.807, 2.05) is 16.8 Å². The number of nitrogens with one attached hydrogen (secondary N) is 1. The van der Waals surface area contributed by atoms with Crippen LogP contribution in [-0.4, -0.2) is 9.97 Å². The van der Waals surface area contributed by atoms with Crippen LogP contribution in [0.5, 0.6) is 0 Å². The van der Waals surface area contributed by atoms with E-state index in [-0.39, 0.29) is 5.56 Å². The summed E-state index contributed by atoms with van der Waals surface area (Å²) in [6, 6.07) is 4.09. The van der Waals surface area contributed by atoms with Crippen molar-refractivity contribution in [2.75, 3.05) is 0 Å². The molecule has 0 saturated heterocycles. The summed E-state index contributed by atoms with van der Waals surface area (Å²) >= 11 is 3.17. The van der Waals surface area contributed by atoms with Gasteiger partial charge in [-0.15, -0.1) is 11.3 Å². The quantitative estimate of drug-likeness (QED) is 0.701. The summed E-state index contributed by atoms with van der Waals surface area (Å²) in [5.74, 6) is 1.00. The van der Waals surface area contributed by atoms with Gasteiger partial charge in [0.1, 0.15) is 10.9 Å². The topological polar surface area (TPSA) is 69.5 Å². The Labute approximate surface area is 147 Å². The maximum Gasteiger partial charge on any atom is 0.260 e. The van der Waals surface area contributed by atoms with E-state index in [1.165, 1.54) is 4.88 Å². The fourth-order valence-corrected chi connectivity index (χ4v) is 5.16. The van der Waals surface area contributed by atoms with Gasteiger partial charge < -0.3 is 4.98 Å². The molecule has 0 saturated carbocycles. The van der Waals surface area contributed by atoms with Gasteiger partial charge in [0.2, 0.25) is 0 Å². The Morgan fingerprint density at radius 3 is 3.17 bits per heavy atom. The van der Waals surface area contributed by atoms with Crippen molar-refractivity contribution in [1.82, 2.24) is 9.97 Å². The van der Waals surface area contributed by atoms with Crippen molar-refractivity contribution in [2.24, 2.45) is 5.92 Å². The summed E-state index contributed by atoms with van der Waals surface area (Å²) in [4.78, 5) is 22.0. The first kappa shape index (κ1) is 15.3. The minimum absolute atomic E-state index is 0.131. The van der Waals surface area contributed by atoms with Crippen molar-refractivity contribution in [3.05, 3.63) is 49.0 Å². The number of fused-ring (bicyclic) bond motifs is 3. The van der Waals surface area contributed by atoms with Gasteiger partial charge in [0.25, 0.3) is 5.56 Å². The van der Waals surface area contributed by atoms with E-state index in [2.05, 4.69) is 23.0 Å². The Morgan fingerprint density at radius 1 is 1.54 bits per heavy atom. The number of allylic oxidation sites excluding steroid dienone is 1. The second-order valence-corrected chi connectivity index (χ2v) is 8.04. The second-order valence-electron chi connectivity index (χ2n) is 6.17. The smallest absolute Gasteiger partial charge is 0.260 e. The Kier molecular flexibility index (Phi) is 3.83. The van der Waals surface area contributed by atoms with Crippen LogP contribution in [-0.2, 0) is 12.8 Å². The van der Waals surface area contributed by atoms with Crippen molar-refractivity contribution < 1.29 is 0 Å². The van der Waals surface area contributed by atoms with Gasteiger partial charge in [-0.25, -0.2) is 4.98 Å². The van der Waals surface area contributed by atoms with Crippen LogP contribution < -0.4 is 5.56 Å².